The predicted octanol–water partition coefficient (Wildman–Crippen LogP) is 4.89. The van der Waals surface area contributed by atoms with E-state index >= 15 is 0 Å². The lowest BCUT2D eigenvalue weighted by Crippen LogP contribution is -2.23. The maximum atomic E-state index is 12.7. The molecule has 1 heterocycles. The summed E-state index contributed by atoms with van der Waals surface area (Å²) in [4.78, 5) is 31.2. The molecule has 0 aromatic heterocycles. The summed E-state index contributed by atoms with van der Waals surface area (Å²) >= 11 is 1.29. The van der Waals surface area contributed by atoms with Crippen LogP contribution in [0.4, 0.5) is 5.69 Å². The number of esters is 1. The summed E-state index contributed by atoms with van der Waals surface area (Å²) in [5.74, 6) is 0.806. The van der Waals surface area contributed by atoms with Gasteiger partial charge in [-0.3, -0.25) is 9.69 Å². The highest BCUT2D eigenvalue weighted by atomic mass is 32.2. The molecule has 32 heavy (non-hydrogen) atoms. The topological polar surface area (TPSA) is 77.4 Å². The molecule has 1 fully saturated rings. The van der Waals surface area contributed by atoms with Crippen molar-refractivity contribution in [2.75, 3.05) is 26.9 Å². The highest BCUT2D eigenvalue weighted by Gasteiger charge is 2.30. The minimum Gasteiger partial charge on any atom is -0.490 e. The van der Waals surface area contributed by atoms with Crippen LogP contribution in [0.1, 0.15) is 36.7 Å². The van der Waals surface area contributed by atoms with Crippen LogP contribution < -0.4 is 9.47 Å². The van der Waals surface area contributed by atoms with Gasteiger partial charge in [-0.05, 0) is 80.6 Å². The van der Waals surface area contributed by atoms with Gasteiger partial charge in [-0.2, -0.15) is 0 Å². The summed E-state index contributed by atoms with van der Waals surface area (Å²) in [5.41, 5.74) is 1.93. The second-order valence-corrected chi connectivity index (χ2v) is 7.72. The first kappa shape index (κ1) is 23.4. The number of thioether (sulfide) groups is 1. The normalized spacial score (nSPS) is 16.0. The van der Waals surface area contributed by atoms with Crippen molar-refractivity contribution in [3.8, 4) is 11.5 Å². The molecule has 1 saturated heterocycles. The van der Waals surface area contributed by atoms with E-state index in [4.69, 9.17) is 14.2 Å². The summed E-state index contributed by atoms with van der Waals surface area (Å²) in [5, 5.41) is 0.557. The number of carbonyl (C=O) groups excluding carboxylic acids is 2. The van der Waals surface area contributed by atoms with Crippen LogP contribution in [0.15, 0.2) is 52.4 Å². The molecule has 3 rings (SSSR count). The van der Waals surface area contributed by atoms with Gasteiger partial charge < -0.3 is 14.2 Å². The number of rotatable bonds is 8. The van der Waals surface area contributed by atoms with Crippen molar-refractivity contribution in [2.45, 2.75) is 20.8 Å². The number of amidine groups is 1. The Kier molecular flexibility index (Phi) is 7.94. The zero-order chi connectivity index (χ0) is 23.1. The molecule has 1 aliphatic heterocycles. The van der Waals surface area contributed by atoms with E-state index in [2.05, 4.69) is 4.99 Å². The fourth-order valence-corrected chi connectivity index (χ4v) is 3.94. The van der Waals surface area contributed by atoms with Gasteiger partial charge in [0.05, 0.1) is 36.0 Å². The van der Waals surface area contributed by atoms with Crippen LogP contribution in [0.25, 0.3) is 6.08 Å². The first-order valence-electron chi connectivity index (χ1n) is 10.4. The molecule has 0 aliphatic carbocycles. The van der Waals surface area contributed by atoms with E-state index < -0.39 is 0 Å². The summed E-state index contributed by atoms with van der Waals surface area (Å²) in [6.07, 6.45) is 1.81. The molecule has 0 atom stereocenters. The molecular formula is C24H26N2O5S. The van der Waals surface area contributed by atoms with Crippen LogP contribution in [0.2, 0.25) is 0 Å². The van der Waals surface area contributed by atoms with E-state index in [0.717, 1.165) is 5.56 Å². The second kappa shape index (κ2) is 10.9. The molecule has 0 radical (unpaired) electrons. The number of aliphatic imine (C=N–C) groups is 1. The molecule has 0 spiro atoms. The van der Waals surface area contributed by atoms with Crippen molar-refractivity contribution in [3.63, 3.8) is 0 Å². The lowest BCUT2D eigenvalue weighted by molar-refractivity contribution is -0.121. The third-order valence-electron chi connectivity index (χ3n) is 4.47. The first-order valence-corrected chi connectivity index (χ1v) is 11.2. The van der Waals surface area contributed by atoms with Gasteiger partial charge in [0.2, 0.25) is 0 Å². The summed E-state index contributed by atoms with van der Waals surface area (Å²) in [7, 11) is 1.69. The van der Waals surface area contributed by atoms with Crippen LogP contribution in [0, 0.1) is 0 Å². The number of carbonyl (C=O) groups is 2. The number of hydrogen-bond donors (Lipinski definition) is 0. The average molecular weight is 455 g/mol. The molecule has 0 bridgehead atoms. The van der Waals surface area contributed by atoms with Gasteiger partial charge in [-0.15, -0.1) is 0 Å². The number of benzene rings is 2. The monoisotopic (exact) mass is 454 g/mol. The van der Waals surface area contributed by atoms with E-state index in [9.17, 15) is 9.59 Å². The zero-order valence-electron chi connectivity index (χ0n) is 18.6. The third kappa shape index (κ3) is 5.50. The van der Waals surface area contributed by atoms with Crippen LogP contribution in [-0.4, -0.2) is 48.8 Å². The number of likely N-dealkylation sites (N-methyl/N-ethyl adjacent to an activating group) is 1. The minimum atomic E-state index is -0.374. The Morgan fingerprint density at radius 2 is 1.69 bits per heavy atom. The Morgan fingerprint density at radius 1 is 1.00 bits per heavy atom. The Hall–Kier alpha value is -3.26. The third-order valence-corrected chi connectivity index (χ3v) is 5.53. The lowest BCUT2D eigenvalue weighted by Gasteiger charge is -2.11. The zero-order valence-corrected chi connectivity index (χ0v) is 19.4. The summed E-state index contributed by atoms with van der Waals surface area (Å²) in [6, 6.07) is 12.3. The highest BCUT2D eigenvalue weighted by molar-refractivity contribution is 8.18. The summed E-state index contributed by atoms with van der Waals surface area (Å²) < 4.78 is 16.3. The van der Waals surface area contributed by atoms with Gasteiger partial charge in [0.1, 0.15) is 0 Å². The average Bonchev–Trinajstić information content (AvgIpc) is 3.04. The lowest BCUT2D eigenvalue weighted by atomic mass is 10.2. The van der Waals surface area contributed by atoms with E-state index in [1.54, 1.807) is 38.2 Å². The second-order valence-electron chi connectivity index (χ2n) is 6.71. The fraction of sp³-hybridized carbons (Fsp3) is 0.292. The fourth-order valence-electron chi connectivity index (χ4n) is 2.96. The van der Waals surface area contributed by atoms with Crippen molar-refractivity contribution >= 4 is 40.6 Å². The van der Waals surface area contributed by atoms with Gasteiger partial charge in [0.25, 0.3) is 5.91 Å². The standard InChI is InChI=1S/C24H26N2O5S/c1-5-29-19-13-8-16(14-20(19)30-6-2)15-21-22(27)26(4)24(32-21)25-18-11-9-17(10-12-18)23(28)31-7-3/h8-15H,5-7H2,1-4H3/b21-15-,25-24?. The van der Waals surface area contributed by atoms with E-state index in [-0.39, 0.29) is 11.9 Å². The van der Waals surface area contributed by atoms with E-state index in [0.29, 0.717) is 52.6 Å². The molecular weight excluding hydrogens is 428 g/mol. The molecule has 0 saturated carbocycles. The Balaban J connectivity index is 1.81. The van der Waals surface area contributed by atoms with Crippen LogP contribution in [0.5, 0.6) is 11.5 Å². The van der Waals surface area contributed by atoms with E-state index in [1.165, 1.54) is 16.7 Å². The molecule has 0 unspecified atom stereocenters. The van der Waals surface area contributed by atoms with Crippen molar-refractivity contribution in [2.24, 2.45) is 4.99 Å². The van der Waals surface area contributed by atoms with Crippen molar-refractivity contribution in [3.05, 3.63) is 58.5 Å². The quantitative estimate of drug-likeness (QED) is 0.417. The molecule has 1 aliphatic rings. The van der Waals surface area contributed by atoms with Crippen molar-refractivity contribution in [1.82, 2.24) is 4.90 Å². The Bertz CT molecular complexity index is 1050. The van der Waals surface area contributed by atoms with Crippen LogP contribution in [-0.2, 0) is 9.53 Å². The minimum absolute atomic E-state index is 0.135. The Morgan fingerprint density at radius 3 is 2.34 bits per heavy atom. The number of nitrogens with zero attached hydrogens (tertiary/aromatic N) is 2. The van der Waals surface area contributed by atoms with Gasteiger partial charge in [-0.25, -0.2) is 9.79 Å². The van der Waals surface area contributed by atoms with Gasteiger partial charge in [-0.1, -0.05) is 6.07 Å². The molecule has 168 valence electrons. The molecule has 8 heteroatoms. The molecule has 0 N–H and O–H groups in total. The molecule has 7 nitrogen and oxygen atoms in total. The SMILES string of the molecule is CCOC(=O)c1ccc(N=C2S/C(=C\c3ccc(OCC)c(OCC)c3)C(=O)N2C)cc1. The van der Waals surface area contributed by atoms with Gasteiger partial charge in [0, 0.05) is 7.05 Å². The van der Waals surface area contributed by atoms with Crippen molar-refractivity contribution < 1.29 is 23.8 Å². The van der Waals surface area contributed by atoms with Gasteiger partial charge >= 0.3 is 5.97 Å². The number of hydrogen-bond acceptors (Lipinski definition) is 7. The van der Waals surface area contributed by atoms with Crippen molar-refractivity contribution in [1.29, 1.82) is 0 Å². The largest absolute Gasteiger partial charge is 0.490 e. The molecule has 2 aromatic carbocycles. The maximum Gasteiger partial charge on any atom is 0.338 e. The smallest absolute Gasteiger partial charge is 0.338 e. The van der Waals surface area contributed by atoms with E-state index in [1.807, 2.05) is 38.1 Å². The number of amides is 1. The van der Waals surface area contributed by atoms with Crippen LogP contribution in [0.3, 0.4) is 0 Å². The first-order chi connectivity index (χ1) is 15.5. The highest BCUT2D eigenvalue weighted by Crippen LogP contribution is 2.35. The van der Waals surface area contributed by atoms with Crippen LogP contribution >= 0.6 is 11.8 Å². The maximum absolute atomic E-state index is 12.7. The molecule has 1 amide bonds. The summed E-state index contributed by atoms with van der Waals surface area (Å²) in [6.45, 7) is 6.97. The number of ether oxygens (including phenoxy) is 3. The molecule has 2 aromatic rings. The van der Waals surface area contributed by atoms with Gasteiger partial charge in [0.15, 0.2) is 16.7 Å². The Labute approximate surface area is 192 Å². The predicted molar refractivity (Wildman–Crippen MR) is 127 cm³/mol.